The van der Waals surface area contributed by atoms with Gasteiger partial charge in [-0.25, -0.2) is 5.06 Å². The van der Waals surface area contributed by atoms with Gasteiger partial charge < -0.3 is 0 Å². The molecule has 3 aromatic rings. The second kappa shape index (κ2) is 8.59. The molecule has 0 radical (unpaired) electrons. The van der Waals surface area contributed by atoms with Crippen LogP contribution in [-0.2, 0) is 11.9 Å². The van der Waals surface area contributed by atoms with Crippen LogP contribution in [0.1, 0.15) is 41.0 Å². The molecule has 1 atom stereocenters. The molecule has 146 valence electrons. The summed E-state index contributed by atoms with van der Waals surface area (Å²) in [6.07, 6.45) is 2.44. The van der Waals surface area contributed by atoms with Gasteiger partial charge in [-0.1, -0.05) is 54.9 Å². The Bertz CT molecular complexity index is 949. The molecule has 5 nitrogen and oxygen atoms in total. The first-order chi connectivity index (χ1) is 13.4. The number of aromatic nitrogens is 2. The van der Waals surface area contributed by atoms with Crippen LogP contribution in [0.3, 0.4) is 0 Å². The number of halogens is 1. The van der Waals surface area contributed by atoms with E-state index < -0.39 is 0 Å². The Morgan fingerprint density at radius 1 is 1.14 bits per heavy atom. The van der Waals surface area contributed by atoms with Crippen LogP contribution >= 0.6 is 11.6 Å². The van der Waals surface area contributed by atoms with Crippen molar-refractivity contribution in [2.45, 2.75) is 26.3 Å². The van der Waals surface area contributed by atoms with Crippen LogP contribution in [0.4, 0.5) is 0 Å². The van der Waals surface area contributed by atoms with E-state index in [2.05, 4.69) is 17.2 Å². The third-order valence-electron chi connectivity index (χ3n) is 4.78. The Labute approximate surface area is 170 Å². The molecule has 28 heavy (non-hydrogen) atoms. The summed E-state index contributed by atoms with van der Waals surface area (Å²) in [5.74, 6) is -0.193. The summed E-state index contributed by atoms with van der Waals surface area (Å²) in [4.78, 5) is 18.5. The highest BCUT2D eigenvalue weighted by Gasteiger charge is 2.27. The summed E-state index contributed by atoms with van der Waals surface area (Å²) in [6, 6.07) is 15.7. The Hall–Kier alpha value is -2.63. The summed E-state index contributed by atoms with van der Waals surface area (Å²) in [7, 11) is 3.32. The Balaban J connectivity index is 1.87. The third kappa shape index (κ3) is 4.11. The van der Waals surface area contributed by atoms with Crippen LogP contribution in [0.5, 0.6) is 0 Å². The van der Waals surface area contributed by atoms with E-state index in [9.17, 15) is 4.79 Å². The predicted octanol–water partition coefficient (Wildman–Crippen LogP) is 5.20. The van der Waals surface area contributed by atoms with E-state index in [0.29, 0.717) is 16.3 Å². The largest absolute Gasteiger partial charge is 0.281 e. The van der Waals surface area contributed by atoms with Crippen molar-refractivity contribution < 1.29 is 9.63 Å². The lowest BCUT2D eigenvalue weighted by Gasteiger charge is -2.29. The minimum Gasteiger partial charge on any atom is -0.275 e. The van der Waals surface area contributed by atoms with Crippen LogP contribution in [0, 0.1) is 6.92 Å². The molecule has 0 aliphatic heterocycles. The van der Waals surface area contributed by atoms with Gasteiger partial charge in [0.25, 0.3) is 5.91 Å². The molecule has 3 rings (SSSR count). The van der Waals surface area contributed by atoms with Crippen molar-refractivity contribution in [3.63, 3.8) is 0 Å². The summed E-state index contributed by atoms with van der Waals surface area (Å²) < 4.78 is 1.64. The first-order valence-corrected chi connectivity index (χ1v) is 9.56. The fourth-order valence-electron chi connectivity index (χ4n) is 3.36. The smallest absolute Gasteiger partial charge is 0.275 e. The number of aryl methyl sites for hydroxylation is 2. The molecule has 1 heterocycles. The van der Waals surface area contributed by atoms with Crippen LogP contribution in [0.15, 0.2) is 54.7 Å². The third-order valence-corrected chi connectivity index (χ3v) is 5.04. The number of hydrogen-bond acceptors (Lipinski definition) is 3. The lowest BCUT2D eigenvalue weighted by molar-refractivity contribution is -0.125. The van der Waals surface area contributed by atoms with E-state index in [0.717, 1.165) is 23.1 Å². The second-order valence-corrected chi connectivity index (χ2v) is 7.10. The number of rotatable bonds is 6. The van der Waals surface area contributed by atoms with Gasteiger partial charge in [-0.2, -0.15) is 5.10 Å². The zero-order valence-electron chi connectivity index (χ0n) is 16.5. The van der Waals surface area contributed by atoms with Crippen LogP contribution in [0.2, 0.25) is 5.02 Å². The van der Waals surface area contributed by atoms with Crippen molar-refractivity contribution in [3.8, 4) is 11.1 Å². The summed E-state index contributed by atoms with van der Waals surface area (Å²) in [5.41, 5.74) is 4.42. The molecule has 0 aliphatic carbocycles. The number of carbonyl (C=O) groups excluding carboxylic acids is 1. The fraction of sp³-hybridized carbons (Fsp3) is 0.273. The number of carbonyl (C=O) groups is 1. The van der Waals surface area contributed by atoms with Crippen molar-refractivity contribution in [2.75, 3.05) is 7.11 Å². The van der Waals surface area contributed by atoms with Gasteiger partial charge in [-0.05, 0) is 42.2 Å². The lowest BCUT2D eigenvalue weighted by Crippen LogP contribution is -2.34. The highest BCUT2D eigenvalue weighted by molar-refractivity contribution is 6.30. The molecule has 6 heteroatoms. The van der Waals surface area contributed by atoms with Gasteiger partial charge in [0.1, 0.15) is 0 Å². The molecule has 0 saturated heterocycles. The molecule has 0 bridgehead atoms. The summed E-state index contributed by atoms with van der Waals surface area (Å²) >= 11 is 5.97. The average molecular weight is 398 g/mol. The molecule has 0 saturated carbocycles. The molecule has 2 aromatic carbocycles. The molecule has 0 fully saturated rings. The normalized spacial score (nSPS) is 12.0. The molecular formula is C22H24ClN3O2. The Morgan fingerprint density at radius 2 is 1.71 bits per heavy atom. The second-order valence-electron chi connectivity index (χ2n) is 6.67. The van der Waals surface area contributed by atoms with E-state index >= 15 is 0 Å². The predicted molar refractivity (Wildman–Crippen MR) is 111 cm³/mol. The van der Waals surface area contributed by atoms with E-state index in [1.165, 1.54) is 12.2 Å². The topological polar surface area (TPSA) is 47.4 Å². The van der Waals surface area contributed by atoms with Crippen LogP contribution in [0.25, 0.3) is 11.1 Å². The first-order valence-electron chi connectivity index (χ1n) is 9.18. The SMILES string of the molecule is CCC(c1ccc(-c2ccc(Cl)cc2)cc1)N(OC)C(=O)c1cn(C)nc1C. The van der Waals surface area contributed by atoms with Crippen molar-refractivity contribution in [1.82, 2.24) is 14.8 Å². The van der Waals surface area contributed by atoms with Crippen LogP contribution < -0.4 is 0 Å². The number of nitrogens with zero attached hydrogens (tertiary/aromatic N) is 3. The van der Waals surface area contributed by atoms with Gasteiger partial charge in [0.05, 0.1) is 24.4 Å². The van der Waals surface area contributed by atoms with E-state index in [-0.39, 0.29) is 11.9 Å². The molecule has 1 aromatic heterocycles. The molecule has 1 amide bonds. The van der Waals surface area contributed by atoms with Gasteiger partial charge in [-0.15, -0.1) is 0 Å². The van der Waals surface area contributed by atoms with Gasteiger partial charge in [-0.3, -0.25) is 14.3 Å². The maximum atomic E-state index is 13.0. The average Bonchev–Trinajstić information content (AvgIpc) is 3.04. The zero-order chi connectivity index (χ0) is 20.3. The van der Waals surface area contributed by atoms with E-state index in [4.69, 9.17) is 16.4 Å². The fourth-order valence-corrected chi connectivity index (χ4v) is 3.48. The van der Waals surface area contributed by atoms with Crippen molar-refractivity contribution >= 4 is 17.5 Å². The number of benzene rings is 2. The van der Waals surface area contributed by atoms with Crippen LogP contribution in [-0.4, -0.2) is 27.9 Å². The molecule has 0 N–H and O–H groups in total. The standard InChI is InChI=1S/C22H24ClN3O2/c1-5-21(26(28-4)22(27)20-14-25(3)24-15(20)2)18-8-6-16(7-9-18)17-10-12-19(23)13-11-17/h6-14,21H,5H2,1-4H3. The maximum absolute atomic E-state index is 13.0. The minimum atomic E-state index is -0.198. The Morgan fingerprint density at radius 3 is 2.18 bits per heavy atom. The summed E-state index contributed by atoms with van der Waals surface area (Å²) in [5, 5.41) is 6.41. The number of hydrogen-bond donors (Lipinski definition) is 0. The lowest BCUT2D eigenvalue weighted by atomic mass is 9.99. The van der Waals surface area contributed by atoms with Gasteiger partial charge in [0.2, 0.25) is 0 Å². The first kappa shape index (κ1) is 20.1. The monoisotopic (exact) mass is 397 g/mol. The zero-order valence-corrected chi connectivity index (χ0v) is 17.3. The van der Waals surface area contributed by atoms with Crippen molar-refractivity contribution in [2.24, 2.45) is 7.05 Å². The van der Waals surface area contributed by atoms with Gasteiger partial charge in [0, 0.05) is 18.3 Å². The molecular weight excluding hydrogens is 374 g/mol. The minimum absolute atomic E-state index is 0.193. The molecule has 0 spiro atoms. The molecule has 0 aliphatic rings. The molecule has 1 unspecified atom stereocenters. The number of amides is 1. The van der Waals surface area contributed by atoms with Crippen molar-refractivity contribution in [1.29, 1.82) is 0 Å². The summed E-state index contributed by atoms with van der Waals surface area (Å²) in [6.45, 7) is 3.86. The van der Waals surface area contributed by atoms with Gasteiger partial charge >= 0.3 is 0 Å². The Kier molecular flexibility index (Phi) is 6.17. The quantitative estimate of drug-likeness (QED) is 0.537. The maximum Gasteiger partial charge on any atom is 0.281 e. The van der Waals surface area contributed by atoms with Crippen molar-refractivity contribution in [3.05, 3.63) is 76.6 Å². The highest BCUT2D eigenvalue weighted by atomic mass is 35.5. The number of hydroxylamine groups is 2. The highest BCUT2D eigenvalue weighted by Crippen LogP contribution is 2.29. The van der Waals surface area contributed by atoms with E-state index in [1.54, 1.807) is 17.9 Å². The van der Waals surface area contributed by atoms with Gasteiger partial charge in [0.15, 0.2) is 0 Å². The van der Waals surface area contributed by atoms with E-state index in [1.807, 2.05) is 50.2 Å².